The summed E-state index contributed by atoms with van der Waals surface area (Å²) in [5.74, 6) is 0.590. The molecule has 4 heteroatoms. The average molecular weight is 215 g/mol. The topological polar surface area (TPSA) is 61.0 Å². The second-order valence-corrected chi connectivity index (χ2v) is 3.36. The van der Waals surface area contributed by atoms with Crippen molar-refractivity contribution >= 4 is 0 Å². The molecule has 0 aliphatic rings. The van der Waals surface area contributed by atoms with Crippen molar-refractivity contribution in [2.45, 2.75) is 13.2 Å². The minimum absolute atomic E-state index is 0.467. The summed E-state index contributed by atoms with van der Waals surface area (Å²) in [6.45, 7) is 0.959. The number of hydrogen-bond donors (Lipinski definition) is 1. The third kappa shape index (κ3) is 2.77. The van der Waals surface area contributed by atoms with Gasteiger partial charge in [-0.1, -0.05) is 6.07 Å². The molecule has 0 fully saturated rings. The van der Waals surface area contributed by atoms with E-state index in [4.69, 9.17) is 10.5 Å². The maximum Gasteiger partial charge on any atom is 0.213 e. The Morgan fingerprint density at radius 2 is 2.12 bits per heavy atom. The second-order valence-electron chi connectivity index (χ2n) is 3.36. The Morgan fingerprint density at radius 1 is 1.19 bits per heavy atom. The quantitative estimate of drug-likeness (QED) is 0.839. The van der Waals surface area contributed by atoms with Crippen molar-refractivity contribution in [3.8, 4) is 5.88 Å². The molecule has 4 nitrogen and oxygen atoms in total. The monoisotopic (exact) mass is 215 g/mol. The predicted molar refractivity (Wildman–Crippen MR) is 60.7 cm³/mol. The summed E-state index contributed by atoms with van der Waals surface area (Å²) < 4.78 is 5.53. The number of pyridine rings is 2. The molecule has 2 heterocycles. The Hall–Kier alpha value is -1.94. The molecule has 2 aromatic rings. The molecule has 2 aromatic heterocycles. The Morgan fingerprint density at radius 3 is 2.88 bits per heavy atom. The van der Waals surface area contributed by atoms with E-state index in [0.29, 0.717) is 19.0 Å². The van der Waals surface area contributed by atoms with Gasteiger partial charge in [0.1, 0.15) is 6.61 Å². The van der Waals surface area contributed by atoms with Gasteiger partial charge in [0.15, 0.2) is 0 Å². The van der Waals surface area contributed by atoms with E-state index in [2.05, 4.69) is 9.97 Å². The van der Waals surface area contributed by atoms with Gasteiger partial charge >= 0.3 is 0 Å². The first-order chi connectivity index (χ1) is 7.88. The van der Waals surface area contributed by atoms with Crippen molar-refractivity contribution in [3.05, 3.63) is 54.0 Å². The number of ether oxygens (including phenoxy) is 1. The first-order valence-corrected chi connectivity index (χ1v) is 5.05. The van der Waals surface area contributed by atoms with Crippen molar-refractivity contribution in [3.63, 3.8) is 0 Å². The molecule has 2 rings (SSSR count). The van der Waals surface area contributed by atoms with Crippen LogP contribution in [0.3, 0.4) is 0 Å². The van der Waals surface area contributed by atoms with Gasteiger partial charge in [0, 0.05) is 36.8 Å². The van der Waals surface area contributed by atoms with Crippen LogP contribution in [0.25, 0.3) is 0 Å². The molecule has 0 spiro atoms. The van der Waals surface area contributed by atoms with Crippen molar-refractivity contribution in [2.24, 2.45) is 5.73 Å². The lowest BCUT2D eigenvalue weighted by Gasteiger charge is -2.05. The zero-order valence-electron chi connectivity index (χ0n) is 8.84. The Bertz CT molecular complexity index is 445. The van der Waals surface area contributed by atoms with E-state index in [9.17, 15) is 0 Å². The largest absolute Gasteiger partial charge is 0.473 e. The molecule has 0 radical (unpaired) electrons. The number of hydrogen-bond acceptors (Lipinski definition) is 4. The van der Waals surface area contributed by atoms with Gasteiger partial charge < -0.3 is 10.5 Å². The van der Waals surface area contributed by atoms with Crippen molar-refractivity contribution < 1.29 is 4.74 Å². The second kappa shape index (κ2) is 5.23. The molecule has 0 bridgehead atoms. The SMILES string of the molecule is NCc1ccnc(OCc2cccnc2)c1. The molecular formula is C12H13N3O. The van der Waals surface area contributed by atoms with Crippen LogP contribution in [-0.4, -0.2) is 9.97 Å². The maximum atomic E-state index is 5.53. The van der Waals surface area contributed by atoms with Crippen molar-refractivity contribution in [2.75, 3.05) is 0 Å². The zero-order valence-corrected chi connectivity index (χ0v) is 8.84. The third-order valence-electron chi connectivity index (χ3n) is 2.14. The summed E-state index contributed by atoms with van der Waals surface area (Å²) in [6, 6.07) is 7.55. The standard InChI is InChI=1S/C12H13N3O/c13-7-10-3-5-15-12(6-10)16-9-11-2-1-4-14-8-11/h1-6,8H,7,9,13H2. The van der Waals surface area contributed by atoms with Crippen LogP contribution in [0.5, 0.6) is 5.88 Å². The lowest BCUT2D eigenvalue weighted by Crippen LogP contribution is -2.00. The van der Waals surface area contributed by atoms with Crippen molar-refractivity contribution in [1.29, 1.82) is 0 Å². The van der Waals surface area contributed by atoms with Gasteiger partial charge in [-0.15, -0.1) is 0 Å². The van der Waals surface area contributed by atoms with Crippen LogP contribution in [0.4, 0.5) is 0 Å². The van der Waals surface area contributed by atoms with Crippen LogP contribution in [0, 0.1) is 0 Å². The molecule has 0 amide bonds. The molecule has 0 unspecified atom stereocenters. The molecule has 0 saturated carbocycles. The summed E-state index contributed by atoms with van der Waals surface area (Å²) in [7, 11) is 0. The lowest BCUT2D eigenvalue weighted by atomic mass is 10.3. The first-order valence-electron chi connectivity index (χ1n) is 5.05. The highest BCUT2D eigenvalue weighted by Crippen LogP contribution is 2.10. The van der Waals surface area contributed by atoms with Gasteiger partial charge in [0.05, 0.1) is 0 Å². The van der Waals surface area contributed by atoms with Gasteiger partial charge in [-0.25, -0.2) is 4.98 Å². The number of nitrogens with zero attached hydrogens (tertiary/aromatic N) is 2. The van der Waals surface area contributed by atoms with Gasteiger partial charge in [-0.2, -0.15) is 0 Å². The van der Waals surface area contributed by atoms with Crippen LogP contribution in [-0.2, 0) is 13.2 Å². The Labute approximate surface area is 94.1 Å². The van der Waals surface area contributed by atoms with E-state index >= 15 is 0 Å². The van der Waals surface area contributed by atoms with E-state index in [0.717, 1.165) is 11.1 Å². The highest BCUT2D eigenvalue weighted by atomic mass is 16.5. The van der Waals surface area contributed by atoms with Gasteiger partial charge in [0.25, 0.3) is 0 Å². The van der Waals surface area contributed by atoms with Crippen LogP contribution in [0.15, 0.2) is 42.9 Å². The molecule has 0 saturated heterocycles. The summed E-state index contributed by atoms with van der Waals surface area (Å²) in [4.78, 5) is 8.11. The van der Waals surface area contributed by atoms with Gasteiger partial charge in [0.2, 0.25) is 5.88 Å². The molecule has 0 aromatic carbocycles. The van der Waals surface area contributed by atoms with E-state index in [1.807, 2.05) is 24.3 Å². The molecule has 82 valence electrons. The minimum atomic E-state index is 0.467. The van der Waals surface area contributed by atoms with Crippen LogP contribution < -0.4 is 10.5 Å². The predicted octanol–water partition coefficient (Wildman–Crippen LogP) is 1.51. The van der Waals surface area contributed by atoms with Gasteiger partial charge in [-0.05, 0) is 17.7 Å². The number of rotatable bonds is 4. The fourth-order valence-electron chi connectivity index (χ4n) is 1.30. The molecule has 0 aliphatic heterocycles. The third-order valence-corrected chi connectivity index (χ3v) is 2.14. The number of aromatic nitrogens is 2. The van der Waals surface area contributed by atoms with Crippen LogP contribution >= 0.6 is 0 Å². The highest BCUT2D eigenvalue weighted by Gasteiger charge is 1.98. The maximum absolute atomic E-state index is 5.53. The Kier molecular flexibility index (Phi) is 3.46. The fourth-order valence-corrected chi connectivity index (χ4v) is 1.30. The average Bonchev–Trinajstić information content (AvgIpc) is 2.38. The Balaban J connectivity index is 1.99. The fraction of sp³-hybridized carbons (Fsp3) is 0.167. The van der Waals surface area contributed by atoms with E-state index in [1.54, 1.807) is 18.6 Å². The molecule has 0 atom stereocenters. The smallest absolute Gasteiger partial charge is 0.213 e. The minimum Gasteiger partial charge on any atom is -0.473 e. The normalized spacial score (nSPS) is 10.1. The molecule has 16 heavy (non-hydrogen) atoms. The lowest BCUT2D eigenvalue weighted by molar-refractivity contribution is 0.293. The van der Waals surface area contributed by atoms with Gasteiger partial charge in [-0.3, -0.25) is 4.98 Å². The number of nitrogens with two attached hydrogens (primary N) is 1. The van der Waals surface area contributed by atoms with E-state index in [-0.39, 0.29) is 0 Å². The molecular weight excluding hydrogens is 202 g/mol. The van der Waals surface area contributed by atoms with E-state index in [1.165, 1.54) is 0 Å². The molecule has 2 N–H and O–H groups in total. The summed E-state index contributed by atoms with van der Waals surface area (Å²) in [6.07, 6.45) is 5.20. The van der Waals surface area contributed by atoms with Crippen molar-refractivity contribution in [1.82, 2.24) is 9.97 Å². The summed E-state index contributed by atoms with van der Waals surface area (Å²) in [5, 5.41) is 0. The zero-order chi connectivity index (χ0) is 11.2. The van der Waals surface area contributed by atoms with Crippen LogP contribution in [0.1, 0.15) is 11.1 Å². The summed E-state index contributed by atoms with van der Waals surface area (Å²) in [5.41, 5.74) is 7.56. The highest BCUT2D eigenvalue weighted by molar-refractivity contribution is 5.20. The first kappa shape index (κ1) is 10.6. The molecule has 0 aliphatic carbocycles. The van der Waals surface area contributed by atoms with E-state index < -0.39 is 0 Å². The summed E-state index contributed by atoms with van der Waals surface area (Å²) >= 11 is 0. The van der Waals surface area contributed by atoms with Crippen LogP contribution in [0.2, 0.25) is 0 Å².